The van der Waals surface area contributed by atoms with Gasteiger partial charge in [0.05, 0.1) is 29.3 Å². The summed E-state index contributed by atoms with van der Waals surface area (Å²) in [5.74, 6) is 0.742. The maximum absolute atomic E-state index is 11.7. The highest BCUT2D eigenvalue weighted by molar-refractivity contribution is 7.15. The number of aldehydes is 1. The van der Waals surface area contributed by atoms with E-state index in [-0.39, 0.29) is 12.1 Å². The van der Waals surface area contributed by atoms with E-state index in [1.807, 2.05) is 36.9 Å². The first-order chi connectivity index (χ1) is 12.1. The van der Waals surface area contributed by atoms with Crippen LogP contribution in [0.5, 0.6) is 5.75 Å². The molecule has 3 heterocycles. The van der Waals surface area contributed by atoms with Crippen LogP contribution < -0.4 is 15.4 Å². The summed E-state index contributed by atoms with van der Waals surface area (Å²) in [4.78, 5) is 23.5. The number of nitrogens with two attached hydrogens (primary N) is 1. The van der Waals surface area contributed by atoms with Gasteiger partial charge in [-0.1, -0.05) is 11.3 Å². The van der Waals surface area contributed by atoms with Crippen molar-refractivity contribution in [2.45, 2.75) is 32.4 Å². The van der Waals surface area contributed by atoms with Crippen LogP contribution in [0.3, 0.4) is 0 Å². The maximum Gasteiger partial charge on any atom is 0.299 e. The zero-order valence-electron chi connectivity index (χ0n) is 13.9. The Bertz CT molecular complexity index is 935. The van der Waals surface area contributed by atoms with Crippen LogP contribution >= 0.6 is 11.3 Å². The molecule has 0 bridgehead atoms. The molecule has 0 saturated heterocycles. The summed E-state index contributed by atoms with van der Waals surface area (Å²) in [6, 6.07) is 5.46. The van der Waals surface area contributed by atoms with Crippen molar-refractivity contribution in [2.75, 3.05) is 17.2 Å². The van der Waals surface area contributed by atoms with Gasteiger partial charge in [-0.3, -0.25) is 0 Å². The van der Waals surface area contributed by atoms with E-state index < -0.39 is 0 Å². The molecule has 130 valence electrons. The molecule has 0 aliphatic carbocycles. The number of oxazole rings is 1. The molecule has 1 aliphatic rings. The SMILES string of the molecule is CCOc1ccc2oc(N3[C@H](C=O)Cc4nc(N)sc4[C@@H]3C)nc2c1. The van der Waals surface area contributed by atoms with Gasteiger partial charge in [-0.15, -0.1) is 0 Å². The van der Waals surface area contributed by atoms with E-state index in [2.05, 4.69) is 9.97 Å². The van der Waals surface area contributed by atoms with Gasteiger partial charge in [0.25, 0.3) is 6.01 Å². The van der Waals surface area contributed by atoms with Crippen molar-refractivity contribution in [1.29, 1.82) is 0 Å². The molecule has 0 radical (unpaired) electrons. The largest absolute Gasteiger partial charge is 0.494 e. The van der Waals surface area contributed by atoms with Crippen molar-refractivity contribution >= 4 is 39.9 Å². The molecule has 0 spiro atoms. The molecule has 8 heteroatoms. The fraction of sp³-hybridized carbons (Fsp3) is 0.353. The van der Waals surface area contributed by atoms with Gasteiger partial charge in [-0.2, -0.15) is 4.98 Å². The molecule has 0 unspecified atom stereocenters. The lowest BCUT2D eigenvalue weighted by atomic mass is 10.0. The summed E-state index contributed by atoms with van der Waals surface area (Å²) >= 11 is 1.44. The quantitative estimate of drug-likeness (QED) is 0.716. The minimum absolute atomic E-state index is 0.0897. The van der Waals surface area contributed by atoms with Crippen molar-refractivity contribution in [2.24, 2.45) is 0 Å². The first-order valence-corrected chi connectivity index (χ1v) is 8.94. The van der Waals surface area contributed by atoms with E-state index in [1.54, 1.807) is 0 Å². The van der Waals surface area contributed by atoms with E-state index in [9.17, 15) is 4.79 Å². The molecular formula is C17H18N4O3S. The molecule has 7 nitrogen and oxygen atoms in total. The van der Waals surface area contributed by atoms with E-state index >= 15 is 0 Å². The molecule has 4 rings (SSSR count). The van der Waals surface area contributed by atoms with Gasteiger partial charge < -0.3 is 24.6 Å². The number of carbonyl (C=O) groups excluding carboxylic acids is 1. The topological polar surface area (TPSA) is 94.5 Å². The zero-order chi connectivity index (χ0) is 17.6. The number of rotatable bonds is 4. The number of hydrogen-bond donors (Lipinski definition) is 1. The number of hydrogen-bond acceptors (Lipinski definition) is 8. The molecule has 2 N–H and O–H groups in total. The molecule has 3 aromatic rings. The smallest absolute Gasteiger partial charge is 0.299 e. The summed E-state index contributed by atoms with van der Waals surface area (Å²) in [7, 11) is 0. The molecule has 1 aromatic carbocycles. The lowest BCUT2D eigenvalue weighted by Gasteiger charge is -2.35. The Balaban J connectivity index is 1.76. The lowest BCUT2D eigenvalue weighted by molar-refractivity contribution is -0.109. The van der Waals surface area contributed by atoms with Gasteiger partial charge in [-0.05, 0) is 26.0 Å². The Hall–Kier alpha value is -2.61. The van der Waals surface area contributed by atoms with Crippen LogP contribution in [-0.2, 0) is 11.2 Å². The fourth-order valence-corrected chi connectivity index (χ4v) is 4.16. The van der Waals surface area contributed by atoms with Gasteiger partial charge in [-0.25, -0.2) is 4.98 Å². The van der Waals surface area contributed by atoms with Gasteiger partial charge in [0, 0.05) is 12.5 Å². The normalized spacial score (nSPS) is 19.8. The van der Waals surface area contributed by atoms with E-state index in [0.717, 1.165) is 22.6 Å². The molecule has 1 aliphatic heterocycles. The third-order valence-electron chi connectivity index (χ3n) is 4.34. The van der Waals surface area contributed by atoms with Crippen LogP contribution in [0.15, 0.2) is 22.6 Å². The zero-order valence-corrected chi connectivity index (χ0v) is 14.7. The number of carbonyl (C=O) groups is 1. The van der Waals surface area contributed by atoms with Crippen LogP contribution in [-0.4, -0.2) is 28.9 Å². The third kappa shape index (κ3) is 2.62. The highest BCUT2D eigenvalue weighted by Crippen LogP contribution is 2.40. The number of benzene rings is 1. The highest BCUT2D eigenvalue weighted by atomic mass is 32.1. The van der Waals surface area contributed by atoms with Gasteiger partial charge in [0.2, 0.25) is 0 Å². The minimum Gasteiger partial charge on any atom is -0.494 e. The first-order valence-electron chi connectivity index (χ1n) is 8.12. The summed E-state index contributed by atoms with van der Waals surface area (Å²) < 4.78 is 11.4. The number of ether oxygens (including phenoxy) is 1. The number of nitrogen functional groups attached to an aromatic ring is 1. The Morgan fingerprint density at radius 2 is 2.32 bits per heavy atom. The van der Waals surface area contributed by atoms with Crippen LogP contribution in [0.2, 0.25) is 0 Å². The molecule has 2 atom stereocenters. The predicted molar refractivity (Wildman–Crippen MR) is 96.2 cm³/mol. The summed E-state index contributed by atoms with van der Waals surface area (Å²) in [6.45, 7) is 4.52. The third-order valence-corrected chi connectivity index (χ3v) is 5.43. The number of thiazole rings is 1. The molecule has 0 amide bonds. The van der Waals surface area contributed by atoms with Crippen LogP contribution in [0.1, 0.15) is 30.5 Å². The van der Waals surface area contributed by atoms with Gasteiger partial charge >= 0.3 is 0 Å². The molecule has 2 aromatic heterocycles. The summed E-state index contributed by atoms with van der Waals surface area (Å²) in [5, 5.41) is 0.516. The van der Waals surface area contributed by atoms with E-state index in [0.29, 0.717) is 35.3 Å². The molecule has 25 heavy (non-hydrogen) atoms. The van der Waals surface area contributed by atoms with Crippen LogP contribution in [0, 0.1) is 0 Å². The summed E-state index contributed by atoms with van der Waals surface area (Å²) in [5.41, 5.74) is 8.09. The monoisotopic (exact) mass is 358 g/mol. The van der Waals surface area contributed by atoms with Crippen molar-refractivity contribution in [3.05, 3.63) is 28.8 Å². The number of fused-ring (bicyclic) bond motifs is 2. The fourth-order valence-electron chi connectivity index (χ4n) is 3.25. The Labute approximate surface area is 148 Å². The van der Waals surface area contributed by atoms with E-state index in [1.165, 1.54) is 11.3 Å². The number of anilines is 2. The highest BCUT2D eigenvalue weighted by Gasteiger charge is 2.37. The van der Waals surface area contributed by atoms with Crippen LogP contribution in [0.25, 0.3) is 11.1 Å². The second kappa shape index (κ2) is 6.03. The molecule has 0 saturated carbocycles. The standard InChI is InChI=1S/C17H18N4O3S/c1-3-23-11-4-5-14-12(7-11)20-17(24-14)21-9(2)15-13(6-10(21)8-22)19-16(18)25-15/h4-5,7-10H,3,6H2,1-2H3,(H2,18,19)/t9-,10-/m0/s1. The van der Waals surface area contributed by atoms with Crippen molar-refractivity contribution < 1.29 is 13.9 Å². The Morgan fingerprint density at radius 3 is 3.08 bits per heavy atom. The van der Waals surface area contributed by atoms with Gasteiger partial charge in [0.15, 0.2) is 10.7 Å². The minimum atomic E-state index is -0.386. The van der Waals surface area contributed by atoms with Crippen molar-refractivity contribution in [3.8, 4) is 5.75 Å². The Morgan fingerprint density at radius 1 is 1.48 bits per heavy atom. The number of aromatic nitrogens is 2. The predicted octanol–water partition coefficient (Wildman–Crippen LogP) is 2.96. The van der Waals surface area contributed by atoms with E-state index in [4.69, 9.17) is 14.9 Å². The molecular weight excluding hydrogens is 340 g/mol. The second-order valence-electron chi connectivity index (χ2n) is 5.91. The second-order valence-corrected chi connectivity index (χ2v) is 6.98. The first kappa shape index (κ1) is 15.9. The van der Waals surface area contributed by atoms with Crippen molar-refractivity contribution in [1.82, 2.24) is 9.97 Å². The number of nitrogens with zero attached hydrogens (tertiary/aromatic N) is 3. The van der Waals surface area contributed by atoms with Gasteiger partial charge in [0.1, 0.15) is 17.6 Å². The summed E-state index contributed by atoms with van der Waals surface area (Å²) in [6.07, 6.45) is 1.41. The average molecular weight is 358 g/mol. The average Bonchev–Trinajstić information content (AvgIpc) is 3.17. The Kier molecular flexibility index (Phi) is 3.84. The molecule has 0 fully saturated rings. The van der Waals surface area contributed by atoms with Crippen LogP contribution in [0.4, 0.5) is 11.1 Å². The van der Waals surface area contributed by atoms with Crippen molar-refractivity contribution in [3.63, 3.8) is 0 Å². The lowest BCUT2D eigenvalue weighted by Crippen LogP contribution is -2.43. The maximum atomic E-state index is 11.7.